The Morgan fingerprint density at radius 2 is 1.88 bits per heavy atom. The number of sulfonamides is 1. The maximum atomic E-state index is 12.7. The minimum Gasteiger partial charge on any atom is -0.477 e. The Morgan fingerprint density at radius 1 is 1.16 bits per heavy atom. The second-order valence-electron chi connectivity index (χ2n) is 6.09. The van der Waals surface area contributed by atoms with Gasteiger partial charge in [-0.2, -0.15) is 4.31 Å². The maximum Gasteiger partial charge on any atom is 0.345 e. The van der Waals surface area contributed by atoms with Crippen molar-refractivity contribution in [1.29, 1.82) is 0 Å². The van der Waals surface area contributed by atoms with Crippen LogP contribution in [0.2, 0.25) is 0 Å². The largest absolute Gasteiger partial charge is 0.477 e. The van der Waals surface area contributed by atoms with E-state index in [9.17, 15) is 13.2 Å². The summed E-state index contributed by atoms with van der Waals surface area (Å²) in [6.45, 7) is 5.00. The van der Waals surface area contributed by atoms with Crippen LogP contribution in [0.3, 0.4) is 0 Å². The molecule has 2 aromatic rings. The number of benzene rings is 1. The highest BCUT2D eigenvalue weighted by atomic mass is 32.2. The molecule has 1 aromatic heterocycles. The fourth-order valence-corrected chi connectivity index (χ4v) is 5.62. The number of carbonyl (C=O) groups is 1. The maximum absolute atomic E-state index is 12.7. The molecule has 0 unspecified atom stereocenters. The van der Waals surface area contributed by atoms with Crippen molar-refractivity contribution in [2.24, 2.45) is 0 Å². The summed E-state index contributed by atoms with van der Waals surface area (Å²) in [5.41, 5.74) is 2.44. The summed E-state index contributed by atoms with van der Waals surface area (Å²) in [5.74, 6) is -1.10. The van der Waals surface area contributed by atoms with Crippen molar-refractivity contribution < 1.29 is 18.3 Å². The molecule has 0 radical (unpaired) electrons. The van der Waals surface area contributed by atoms with Gasteiger partial charge in [0.2, 0.25) is 0 Å². The van der Waals surface area contributed by atoms with E-state index in [2.05, 4.69) is 30.0 Å². The standard InChI is InChI=1S/C17H20N2O4S2/c1-13-3-2-4-14(11-13)12-18-7-9-19(10-8-18)25(22,23)16-6-5-15(24-16)17(20)21/h2-6,11H,7-10,12H2,1H3,(H,20,21). The fourth-order valence-electron chi connectivity index (χ4n) is 2.90. The van der Waals surface area contributed by atoms with Crippen molar-refractivity contribution in [3.8, 4) is 0 Å². The highest BCUT2D eigenvalue weighted by molar-refractivity contribution is 7.91. The summed E-state index contributed by atoms with van der Waals surface area (Å²) in [6, 6.07) is 11.0. The van der Waals surface area contributed by atoms with Gasteiger partial charge in [-0.1, -0.05) is 29.8 Å². The number of aromatic carboxylic acids is 1. The lowest BCUT2D eigenvalue weighted by Crippen LogP contribution is -2.48. The van der Waals surface area contributed by atoms with Gasteiger partial charge in [-0.05, 0) is 24.6 Å². The summed E-state index contributed by atoms with van der Waals surface area (Å²) < 4.78 is 26.9. The van der Waals surface area contributed by atoms with Crippen LogP contribution in [-0.2, 0) is 16.6 Å². The SMILES string of the molecule is Cc1cccc(CN2CCN(S(=O)(=O)c3ccc(C(=O)O)s3)CC2)c1. The lowest BCUT2D eigenvalue weighted by Gasteiger charge is -2.33. The van der Waals surface area contributed by atoms with Crippen LogP contribution in [0.5, 0.6) is 0 Å². The van der Waals surface area contributed by atoms with Gasteiger partial charge in [-0.15, -0.1) is 11.3 Å². The summed E-state index contributed by atoms with van der Waals surface area (Å²) in [6.07, 6.45) is 0. The molecule has 134 valence electrons. The van der Waals surface area contributed by atoms with Gasteiger partial charge in [0.25, 0.3) is 10.0 Å². The van der Waals surface area contributed by atoms with Crippen molar-refractivity contribution in [3.05, 3.63) is 52.4 Å². The normalized spacial score (nSPS) is 16.8. The average molecular weight is 380 g/mol. The Bertz CT molecular complexity index is 868. The molecule has 0 spiro atoms. The molecule has 1 saturated heterocycles. The summed E-state index contributed by atoms with van der Waals surface area (Å²) in [7, 11) is -3.62. The molecule has 0 atom stereocenters. The first-order valence-electron chi connectivity index (χ1n) is 7.97. The first-order chi connectivity index (χ1) is 11.9. The van der Waals surface area contributed by atoms with Crippen LogP contribution in [-0.4, -0.2) is 54.9 Å². The fraction of sp³-hybridized carbons (Fsp3) is 0.353. The molecule has 1 N–H and O–H groups in total. The van der Waals surface area contributed by atoms with E-state index in [4.69, 9.17) is 5.11 Å². The minimum absolute atomic E-state index is 0.0386. The van der Waals surface area contributed by atoms with Crippen LogP contribution >= 0.6 is 11.3 Å². The van der Waals surface area contributed by atoms with Gasteiger partial charge < -0.3 is 5.11 Å². The zero-order chi connectivity index (χ0) is 18.0. The molecule has 1 aromatic carbocycles. The second kappa shape index (κ2) is 7.25. The van der Waals surface area contributed by atoms with Crippen LogP contribution in [0.1, 0.15) is 20.8 Å². The van der Waals surface area contributed by atoms with E-state index < -0.39 is 16.0 Å². The van der Waals surface area contributed by atoms with Gasteiger partial charge in [0, 0.05) is 32.7 Å². The van der Waals surface area contributed by atoms with E-state index in [0.29, 0.717) is 26.2 Å². The molecule has 1 aliphatic heterocycles. The quantitative estimate of drug-likeness (QED) is 0.861. The van der Waals surface area contributed by atoms with E-state index in [1.54, 1.807) is 0 Å². The third-order valence-electron chi connectivity index (χ3n) is 4.21. The first kappa shape index (κ1) is 18.1. The lowest BCUT2D eigenvalue weighted by atomic mass is 10.1. The molecular weight excluding hydrogens is 360 g/mol. The van der Waals surface area contributed by atoms with Gasteiger partial charge in [0.05, 0.1) is 0 Å². The van der Waals surface area contributed by atoms with Crippen molar-refractivity contribution in [1.82, 2.24) is 9.21 Å². The van der Waals surface area contributed by atoms with Gasteiger partial charge in [0.15, 0.2) is 0 Å². The van der Waals surface area contributed by atoms with Gasteiger partial charge in [-0.3, -0.25) is 4.90 Å². The van der Waals surface area contributed by atoms with Gasteiger partial charge in [0.1, 0.15) is 9.09 Å². The molecule has 0 bridgehead atoms. The Labute approximate surface area is 151 Å². The minimum atomic E-state index is -3.62. The van der Waals surface area contributed by atoms with Crippen LogP contribution in [0, 0.1) is 6.92 Å². The number of carboxylic acids is 1. The molecule has 0 amide bonds. The molecule has 1 aliphatic rings. The second-order valence-corrected chi connectivity index (χ2v) is 9.34. The van der Waals surface area contributed by atoms with Crippen LogP contribution in [0.15, 0.2) is 40.6 Å². The number of nitrogens with zero attached hydrogens (tertiary/aromatic N) is 2. The molecule has 6 nitrogen and oxygen atoms in total. The molecule has 1 fully saturated rings. The van der Waals surface area contributed by atoms with Crippen molar-refractivity contribution in [2.75, 3.05) is 26.2 Å². The molecular formula is C17H20N2O4S2. The number of aryl methyl sites for hydroxylation is 1. The predicted octanol–water partition coefficient (Wildman–Crippen LogP) is 2.26. The van der Waals surface area contributed by atoms with E-state index >= 15 is 0 Å². The topological polar surface area (TPSA) is 77.9 Å². The monoisotopic (exact) mass is 380 g/mol. The number of piperazine rings is 1. The molecule has 2 heterocycles. The Balaban J connectivity index is 1.63. The Kier molecular flexibility index (Phi) is 5.24. The molecule has 0 aliphatic carbocycles. The first-order valence-corrected chi connectivity index (χ1v) is 10.2. The van der Waals surface area contributed by atoms with E-state index in [0.717, 1.165) is 17.9 Å². The zero-order valence-corrected chi connectivity index (χ0v) is 15.5. The van der Waals surface area contributed by atoms with Crippen molar-refractivity contribution in [3.63, 3.8) is 0 Å². The van der Waals surface area contributed by atoms with Crippen LogP contribution < -0.4 is 0 Å². The van der Waals surface area contributed by atoms with Gasteiger partial charge in [-0.25, -0.2) is 13.2 Å². The zero-order valence-electron chi connectivity index (χ0n) is 13.9. The smallest absolute Gasteiger partial charge is 0.345 e. The number of carboxylic acid groups (broad SMARTS) is 1. The number of hydrogen-bond donors (Lipinski definition) is 1. The molecule has 0 saturated carbocycles. The van der Waals surface area contributed by atoms with E-state index in [1.807, 2.05) is 6.07 Å². The summed E-state index contributed by atoms with van der Waals surface area (Å²) >= 11 is 0.804. The van der Waals surface area contributed by atoms with Gasteiger partial charge >= 0.3 is 5.97 Å². The molecule has 3 rings (SSSR count). The molecule has 8 heteroatoms. The Hall–Kier alpha value is -1.74. The van der Waals surface area contributed by atoms with Crippen molar-refractivity contribution >= 4 is 27.3 Å². The van der Waals surface area contributed by atoms with E-state index in [-0.39, 0.29) is 9.09 Å². The van der Waals surface area contributed by atoms with Crippen LogP contribution in [0.25, 0.3) is 0 Å². The lowest BCUT2D eigenvalue weighted by molar-refractivity contribution is 0.0702. The summed E-state index contributed by atoms with van der Waals surface area (Å²) in [4.78, 5) is 13.2. The number of thiophene rings is 1. The highest BCUT2D eigenvalue weighted by Crippen LogP contribution is 2.26. The van der Waals surface area contributed by atoms with Crippen molar-refractivity contribution in [2.45, 2.75) is 17.7 Å². The predicted molar refractivity (Wildman–Crippen MR) is 96.5 cm³/mol. The van der Waals surface area contributed by atoms with E-state index in [1.165, 1.54) is 27.6 Å². The van der Waals surface area contributed by atoms with Crippen LogP contribution in [0.4, 0.5) is 0 Å². The Morgan fingerprint density at radius 3 is 2.48 bits per heavy atom. The number of rotatable bonds is 5. The number of hydrogen-bond acceptors (Lipinski definition) is 5. The highest BCUT2D eigenvalue weighted by Gasteiger charge is 2.30. The third-order valence-corrected chi connectivity index (χ3v) is 7.65. The third kappa shape index (κ3) is 4.09. The average Bonchev–Trinajstić information content (AvgIpc) is 3.06. The summed E-state index contributed by atoms with van der Waals surface area (Å²) in [5, 5.41) is 8.96. The molecule has 25 heavy (non-hydrogen) atoms.